The molecule has 10 heteroatoms. The van der Waals surface area contributed by atoms with E-state index in [9.17, 15) is 0 Å². The first kappa shape index (κ1) is 23.1. The van der Waals surface area contributed by atoms with Gasteiger partial charge in [0.15, 0.2) is 0 Å². The Balaban J connectivity index is -0.0000000625. The number of hydrogen-bond acceptors (Lipinski definition) is 8. The second-order valence-corrected chi connectivity index (χ2v) is 1.15. The Hall–Kier alpha value is -1.06. The Morgan fingerprint density at radius 1 is 0.571 bits per heavy atom. The van der Waals surface area contributed by atoms with E-state index < -0.39 is 23.9 Å². The molecule has 0 saturated carbocycles. The maximum absolute atomic E-state index is 8.93. The molecule has 0 saturated heterocycles. The number of aliphatic carboxylic acids is 4. The van der Waals surface area contributed by atoms with Crippen molar-refractivity contribution in [2.75, 3.05) is 0 Å². The summed E-state index contributed by atoms with van der Waals surface area (Å²) in [5.41, 5.74) is 0. The molecule has 0 aromatic heterocycles. The van der Waals surface area contributed by atoms with Crippen LogP contribution in [0.2, 0.25) is 0 Å². The van der Waals surface area contributed by atoms with Crippen LogP contribution >= 0.6 is 0 Å². The molecule has 0 spiro atoms. The zero-order valence-electron chi connectivity index (χ0n) is 6.14. The summed E-state index contributed by atoms with van der Waals surface area (Å²) in [7, 11) is 0. The molecular weight excluding hydrogens is 304 g/mol. The molecule has 0 aliphatic rings. The Morgan fingerprint density at radius 2 is 0.643 bits per heavy atom. The number of carboxylic acids is 4. The van der Waals surface area contributed by atoms with E-state index >= 15 is 0 Å². The van der Waals surface area contributed by atoms with Gasteiger partial charge in [-0.2, -0.15) is 0 Å². The third kappa shape index (κ3) is 22.4. The number of carbonyl (C=O) groups excluding carboxylic acids is 4. The predicted molar refractivity (Wildman–Crippen MR) is 25.8 cm³/mol. The average molecular weight is 304 g/mol. The molecule has 0 amide bonds. The minimum atomic E-state index is -2.19. The van der Waals surface area contributed by atoms with Gasteiger partial charge in [-0.1, -0.05) is 0 Å². The van der Waals surface area contributed by atoms with Crippen LogP contribution in [0.1, 0.15) is 0 Å². The van der Waals surface area contributed by atoms with Gasteiger partial charge in [0.1, 0.15) is 0 Å². The molecule has 0 fully saturated rings. The third-order valence-electron chi connectivity index (χ3n) is 0.333. The molecular formula is C4GeMnO8-2. The topological polar surface area (TPSA) is 161 Å². The first-order valence-corrected chi connectivity index (χ1v) is 2.13. The first-order valence-electron chi connectivity index (χ1n) is 2.13. The van der Waals surface area contributed by atoms with Crippen molar-refractivity contribution in [2.45, 2.75) is 0 Å². The number of carbonyl (C=O) groups is 4. The van der Waals surface area contributed by atoms with Crippen LogP contribution in [0.3, 0.4) is 0 Å². The van der Waals surface area contributed by atoms with Crippen molar-refractivity contribution in [3.8, 4) is 0 Å². The predicted octanol–water partition coefficient (Wildman–Crippen LogP) is -7.41. The molecule has 0 N–H and O–H groups in total. The summed E-state index contributed by atoms with van der Waals surface area (Å²) in [6, 6.07) is 0. The van der Waals surface area contributed by atoms with Gasteiger partial charge in [-0.05, 0) is 0 Å². The number of rotatable bonds is 0. The molecule has 0 heterocycles. The van der Waals surface area contributed by atoms with E-state index in [0.717, 1.165) is 0 Å². The first-order chi connectivity index (χ1) is 5.29. The normalized spacial score (nSPS) is 6.29. The minimum Gasteiger partial charge on any atom is -0.543 e. The number of carboxylic acid groups (broad SMARTS) is 4. The van der Waals surface area contributed by atoms with Gasteiger partial charge < -0.3 is 39.6 Å². The second-order valence-electron chi connectivity index (χ2n) is 1.15. The fraction of sp³-hybridized carbons (Fsp3) is 0. The molecule has 0 rings (SSSR count). The second kappa shape index (κ2) is 11.9. The van der Waals surface area contributed by atoms with E-state index in [1.165, 1.54) is 0 Å². The summed E-state index contributed by atoms with van der Waals surface area (Å²) < 4.78 is 0. The molecule has 0 bridgehead atoms. The molecule has 77 valence electrons. The van der Waals surface area contributed by atoms with E-state index in [0.29, 0.717) is 0 Å². The van der Waals surface area contributed by atoms with E-state index in [4.69, 9.17) is 39.6 Å². The van der Waals surface area contributed by atoms with Crippen molar-refractivity contribution in [1.29, 1.82) is 0 Å². The quantitative estimate of drug-likeness (QED) is 0.315. The van der Waals surface area contributed by atoms with Gasteiger partial charge in [-0.15, -0.1) is 0 Å². The zero-order chi connectivity index (χ0) is 10.3. The SMILES string of the molecule is O=C([O-])C(=O)[O-].O=C([O-])C(=O)[O-].[Ge].[Mn+2]. The van der Waals surface area contributed by atoms with Crippen LogP contribution in [-0.2, 0) is 36.2 Å². The van der Waals surface area contributed by atoms with Crippen molar-refractivity contribution >= 4 is 41.5 Å². The zero-order valence-corrected chi connectivity index (χ0v) is 9.42. The van der Waals surface area contributed by atoms with Gasteiger partial charge in [0.05, 0.1) is 23.9 Å². The van der Waals surface area contributed by atoms with Crippen LogP contribution in [0.15, 0.2) is 0 Å². The summed E-state index contributed by atoms with van der Waals surface area (Å²) in [6.07, 6.45) is 0. The maximum atomic E-state index is 8.93. The molecule has 8 nitrogen and oxygen atoms in total. The van der Waals surface area contributed by atoms with Crippen LogP contribution in [0.25, 0.3) is 0 Å². The van der Waals surface area contributed by atoms with Crippen LogP contribution in [0, 0.1) is 0 Å². The van der Waals surface area contributed by atoms with Crippen molar-refractivity contribution in [2.24, 2.45) is 0 Å². The fourth-order valence-corrected chi connectivity index (χ4v) is 0. The molecule has 0 unspecified atom stereocenters. The van der Waals surface area contributed by atoms with Crippen molar-refractivity contribution in [1.82, 2.24) is 0 Å². The van der Waals surface area contributed by atoms with Gasteiger partial charge in [0, 0.05) is 17.6 Å². The van der Waals surface area contributed by atoms with E-state index in [1.807, 2.05) is 0 Å². The molecule has 0 aliphatic carbocycles. The Kier molecular flexibility index (Phi) is 19.7. The van der Waals surface area contributed by atoms with Crippen LogP contribution < -0.4 is 20.4 Å². The monoisotopic (exact) mass is 305 g/mol. The van der Waals surface area contributed by atoms with Gasteiger partial charge in [0.25, 0.3) is 0 Å². The molecule has 0 aromatic rings. The van der Waals surface area contributed by atoms with E-state index in [2.05, 4.69) is 0 Å². The third-order valence-corrected chi connectivity index (χ3v) is 0.333. The van der Waals surface area contributed by atoms with Crippen LogP contribution in [0.5, 0.6) is 0 Å². The van der Waals surface area contributed by atoms with E-state index in [1.54, 1.807) is 0 Å². The van der Waals surface area contributed by atoms with Gasteiger partial charge in [0.2, 0.25) is 0 Å². The van der Waals surface area contributed by atoms with Crippen molar-refractivity contribution in [3.05, 3.63) is 0 Å². The summed E-state index contributed by atoms with van der Waals surface area (Å²) in [5, 5.41) is 35.7. The van der Waals surface area contributed by atoms with Crippen molar-refractivity contribution in [3.63, 3.8) is 0 Å². The summed E-state index contributed by atoms with van der Waals surface area (Å²) in [5.74, 6) is -8.74. The number of hydrogen-bond donors (Lipinski definition) is 0. The van der Waals surface area contributed by atoms with Crippen molar-refractivity contribution < 1.29 is 56.7 Å². The molecule has 0 atom stereocenters. The smallest absolute Gasteiger partial charge is 0.543 e. The molecule has 14 heavy (non-hydrogen) atoms. The summed E-state index contributed by atoms with van der Waals surface area (Å²) in [6.45, 7) is 0. The van der Waals surface area contributed by atoms with Gasteiger partial charge in [-0.3, -0.25) is 0 Å². The molecule has 5 radical (unpaired) electrons. The van der Waals surface area contributed by atoms with Crippen LogP contribution in [-0.4, -0.2) is 41.5 Å². The molecule has 0 aromatic carbocycles. The average Bonchev–Trinajstić information content (AvgIpc) is 1.88. The Bertz CT molecular complexity index is 177. The minimum absolute atomic E-state index is 0. The van der Waals surface area contributed by atoms with E-state index in [-0.39, 0.29) is 34.7 Å². The van der Waals surface area contributed by atoms with Gasteiger partial charge in [-0.25, -0.2) is 0 Å². The van der Waals surface area contributed by atoms with Gasteiger partial charge >= 0.3 is 17.1 Å². The standard InChI is InChI=1S/2C2H2O4.Ge.Mn/c2*3-1(4)2(5)6;;/h2*(H,3,4)(H,5,6);;/q;;;+2/p-4. The molecule has 0 aliphatic heterocycles. The summed E-state index contributed by atoms with van der Waals surface area (Å²) >= 11 is 0. The van der Waals surface area contributed by atoms with Crippen LogP contribution in [0.4, 0.5) is 0 Å². The Morgan fingerprint density at radius 3 is 0.643 bits per heavy atom. The summed E-state index contributed by atoms with van der Waals surface area (Å²) in [4.78, 5) is 35.7. The largest absolute Gasteiger partial charge is 2.00 e. The fourth-order valence-electron chi connectivity index (χ4n) is 0. The maximum Gasteiger partial charge on any atom is 2.00 e. The Labute approximate surface area is 98.4 Å².